The Bertz CT molecular complexity index is 1440. The molecule has 2 fully saturated rings. The molecular weight excluding hydrogens is 523 g/mol. The zero-order valence-electron chi connectivity index (χ0n) is 21.9. The molecule has 1 saturated heterocycles. The molecule has 11 heteroatoms. The molecule has 1 saturated carbocycles. The summed E-state index contributed by atoms with van der Waals surface area (Å²) in [7, 11) is 1.60. The summed E-state index contributed by atoms with van der Waals surface area (Å²) in [5.74, 6) is 1.64. The van der Waals surface area contributed by atoms with Gasteiger partial charge in [0.25, 0.3) is 11.5 Å². The average Bonchev–Trinajstić information content (AvgIpc) is 2.95. The first-order valence-electron chi connectivity index (χ1n) is 13.4. The van der Waals surface area contributed by atoms with Crippen molar-refractivity contribution in [1.29, 1.82) is 0 Å². The number of nitrogens with one attached hydrogen (secondary N) is 1. The zero-order chi connectivity index (χ0) is 27.4. The monoisotopic (exact) mass is 556 g/mol. The van der Waals surface area contributed by atoms with Gasteiger partial charge < -0.3 is 14.8 Å². The van der Waals surface area contributed by atoms with E-state index < -0.39 is 11.4 Å². The van der Waals surface area contributed by atoms with E-state index in [-0.39, 0.29) is 40.8 Å². The zero-order valence-corrected chi connectivity index (χ0v) is 22.8. The fourth-order valence-corrected chi connectivity index (χ4v) is 6.60. The van der Waals surface area contributed by atoms with Gasteiger partial charge in [0.05, 0.1) is 18.2 Å². The number of nitrogens with zero attached hydrogens (tertiary/aromatic N) is 3. The van der Waals surface area contributed by atoms with E-state index in [4.69, 9.17) is 9.47 Å². The lowest BCUT2D eigenvalue weighted by Crippen LogP contribution is -2.46. The van der Waals surface area contributed by atoms with E-state index in [9.17, 15) is 18.8 Å². The lowest BCUT2D eigenvalue weighted by molar-refractivity contribution is 0.0921. The Morgan fingerprint density at radius 3 is 2.54 bits per heavy atom. The molecule has 3 heterocycles. The van der Waals surface area contributed by atoms with Gasteiger partial charge in [0.15, 0.2) is 0 Å². The smallest absolute Gasteiger partial charge is 0.333 e. The van der Waals surface area contributed by atoms with Gasteiger partial charge in [-0.05, 0) is 74.3 Å². The number of carbonyl (C=O) groups is 1. The normalized spacial score (nSPS) is 20.2. The highest BCUT2D eigenvalue weighted by Crippen LogP contribution is 2.30. The Morgan fingerprint density at radius 2 is 1.79 bits per heavy atom. The fraction of sp³-hybridized carbons (Fsp3) is 0.500. The van der Waals surface area contributed by atoms with Crippen molar-refractivity contribution in [1.82, 2.24) is 19.4 Å². The quantitative estimate of drug-likeness (QED) is 0.422. The first kappa shape index (κ1) is 27.4. The second-order valence-corrected chi connectivity index (χ2v) is 11.3. The van der Waals surface area contributed by atoms with Gasteiger partial charge >= 0.3 is 5.69 Å². The van der Waals surface area contributed by atoms with Crippen LogP contribution in [0.3, 0.4) is 0 Å². The first-order chi connectivity index (χ1) is 19.0. The standard InChI is InChI=1S/C28H33FN4O5S/c1-37-11-12-38-23-4-2-3-18(15-23)26(34)31-20-5-7-21(8-6-20)33-27(35)24-16-19(29)17-30-25(24)32(28(33)36)22-9-13-39-14-10-22/h2-4,15-17,20-22H,5-14H2,1H3,(H,31,34). The molecule has 3 aromatic rings. The van der Waals surface area contributed by atoms with Crippen molar-refractivity contribution in [3.05, 3.63) is 68.7 Å². The molecule has 208 valence electrons. The van der Waals surface area contributed by atoms with Crippen molar-refractivity contribution in [2.24, 2.45) is 0 Å². The van der Waals surface area contributed by atoms with Crippen LogP contribution in [0.4, 0.5) is 4.39 Å². The Kier molecular flexibility index (Phi) is 8.66. The number of hydrogen-bond acceptors (Lipinski definition) is 7. The van der Waals surface area contributed by atoms with Crippen LogP contribution in [0.2, 0.25) is 0 Å². The molecule has 0 unspecified atom stereocenters. The molecular formula is C28H33FN4O5S. The van der Waals surface area contributed by atoms with Gasteiger partial charge in [0, 0.05) is 30.8 Å². The van der Waals surface area contributed by atoms with E-state index in [1.165, 1.54) is 10.6 Å². The van der Waals surface area contributed by atoms with Gasteiger partial charge in [-0.2, -0.15) is 11.8 Å². The summed E-state index contributed by atoms with van der Waals surface area (Å²) >= 11 is 1.84. The number of amides is 1. The number of aromatic nitrogens is 3. The molecule has 0 spiro atoms. The molecule has 1 N–H and O–H groups in total. The van der Waals surface area contributed by atoms with Gasteiger partial charge in [-0.15, -0.1) is 0 Å². The lowest BCUT2D eigenvalue weighted by Gasteiger charge is -2.31. The molecule has 5 rings (SSSR count). The summed E-state index contributed by atoms with van der Waals surface area (Å²) in [5.41, 5.74) is -0.114. The predicted octanol–water partition coefficient (Wildman–Crippen LogP) is 3.70. The molecule has 1 amide bonds. The van der Waals surface area contributed by atoms with Crippen molar-refractivity contribution < 1.29 is 18.7 Å². The summed E-state index contributed by atoms with van der Waals surface area (Å²) in [6.07, 6.45) is 5.00. The van der Waals surface area contributed by atoms with Crippen LogP contribution in [0.15, 0.2) is 46.1 Å². The molecule has 9 nitrogen and oxygen atoms in total. The average molecular weight is 557 g/mol. The summed E-state index contributed by atoms with van der Waals surface area (Å²) in [6, 6.07) is 7.70. The van der Waals surface area contributed by atoms with Crippen LogP contribution in [0.25, 0.3) is 11.0 Å². The number of methoxy groups -OCH3 is 1. The second kappa shape index (κ2) is 12.3. The maximum atomic E-state index is 14.1. The third kappa shape index (κ3) is 6.04. The molecule has 0 atom stereocenters. The molecule has 2 aliphatic rings. The number of ether oxygens (including phenoxy) is 2. The number of carbonyl (C=O) groups excluding carboxylic acids is 1. The molecule has 39 heavy (non-hydrogen) atoms. The van der Waals surface area contributed by atoms with Crippen molar-refractivity contribution in [3.8, 4) is 5.75 Å². The number of thioether (sulfide) groups is 1. The summed E-state index contributed by atoms with van der Waals surface area (Å²) < 4.78 is 27.7. The van der Waals surface area contributed by atoms with Crippen LogP contribution in [-0.2, 0) is 4.74 Å². The number of hydrogen-bond donors (Lipinski definition) is 1. The van der Waals surface area contributed by atoms with E-state index in [1.54, 1.807) is 35.9 Å². The minimum atomic E-state index is -0.602. The Balaban J connectivity index is 1.33. The molecule has 1 aliphatic heterocycles. The van der Waals surface area contributed by atoms with Crippen LogP contribution in [-0.4, -0.2) is 57.9 Å². The maximum Gasteiger partial charge on any atom is 0.333 e. The summed E-state index contributed by atoms with van der Waals surface area (Å²) in [4.78, 5) is 44.3. The van der Waals surface area contributed by atoms with Gasteiger partial charge in [0.1, 0.15) is 23.8 Å². The summed E-state index contributed by atoms with van der Waals surface area (Å²) in [6.45, 7) is 0.847. The fourth-order valence-electron chi connectivity index (χ4n) is 5.52. The van der Waals surface area contributed by atoms with Crippen LogP contribution in [0.1, 0.15) is 61.0 Å². The van der Waals surface area contributed by atoms with Crippen molar-refractivity contribution in [2.75, 3.05) is 31.8 Å². The predicted molar refractivity (Wildman–Crippen MR) is 148 cm³/mol. The first-order valence-corrected chi connectivity index (χ1v) is 14.5. The van der Waals surface area contributed by atoms with E-state index in [0.29, 0.717) is 50.2 Å². The Morgan fingerprint density at radius 1 is 1.05 bits per heavy atom. The number of fused-ring (bicyclic) bond motifs is 1. The highest BCUT2D eigenvalue weighted by atomic mass is 32.2. The highest BCUT2D eigenvalue weighted by molar-refractivity contribution is 7.99. The topological polar surface area (TPSA) is 104 Å². The molecule has 0 radical (unpaired) electrons. The maximum absolute atomic E-state index is 14.1. The van der Waals surface area contributed by atoms with Crippen LogP contribution >= 0.6 is 11.8 Å². The van der Waals surface area contributed by atoms with Crippen LogP contribution in [0.5, 0.6) is 5.75 Å². The van der Waals surface area contributed by atoms with E-state index >= 15 is 0 Å². The number of rotatable bonds is 8. The summed E-state index contributed by atoms with van der Waals surface area (Å²) in [5, 5.41) is 3.21. The minimum Gasteiger partial charge on any atom is -0.491 e. The number of benzene rings is 1. The SMILES string of the molecule is COCCOc1cccc(C(=O)NC2CCC(n3c(=O)c4cc(F)cnc4n(C4CCSCC4)c3=O)CC2)c1. The van der Waals surface area contributed by atoms with Gasteiger partial charge in [-0.1, -0.05) is 6.07 Å². The Labute approximate surface area is 229 Å². The van der Waals surface area contributed by atoms with Crippen molar-refractivity contribution in [3.63, 3.8) is 0 Å². The third-order valence-electron chi connectivity index (χ3n) is 7.53. The lowest BCUT2D eigenvalue weighted by atomic mass is 9.90. The largest absolute Gasteiger partial charge is 0.491 e. The second-order valence-electron chi connectivity index (χ2n) is 10.0. The number of halogens is 1. The number of pyridine rings is 1. The van der Waals surface area contributed by atoms with E-state index in [2.05, 4.69) is 10.3 Å². The van der Waals surface area contributed by atoms with Crippen LogP contribution in [0, 0.1) is 5.82 Å². The third-order valence-corrected chi connectivity index (χ3v) is 8.58. The van der Waals surface area contributed by atoms with Gasteiger partial charge in [-0.25, -0.2) is 14.2 Å². The van der Waals surface area contributed by atoms with Gasteiger partial charge in [0.2, 0.25) is 0 Å². The molecule has 0 bridgehead atoms. The molecule has 2 aromatic heterocycles. The van der Waals surface area contributed by atoms with Crippen molar-refractivity contribution >= 4 is 28.7 Å². The van der Waals surface area contributed by atoms with Crippen LogP contribution < -0.4 is 21.3 Å². The minimum absolute atomic E-state index is 0.0732. The van der Waals surface area contributed by atoms with Gasteiger partial charge in [-0.3, -0.25) is 18.7 Å². The Hall–Kier alpha value is -3.18. The molecule has 1 aromatic carbocycles. The van der Waals surface area contributed by atoms with E-state index in [1.807, 2.05) is 11.8 Å². The van der Waals surface area contributed by atoms with Crippen molar-refractivity contribution in [2.45, 2.75) is 56.7 Å². The highest BCUT2D eigenvalue weighted by Gasteiger charge is 2.29. The van der Waals surface area contributed by atoms with E-state index in [0.717, 1.165) is 30.5 Å². The molecule has 1 aliphatic carbocycles.